The third-order valence-electron chi connectivity index (χ3n) is 3.32. The number of likely N-dealkylation sites (N-methyl/N-ethyl adjacent to an activating group) is 1. The van der Waals surface area contributed by atoms with Crippen LogP contribution in [-0.4, -0.2) is 37.2 Å². The highest BCUT2D eigenvalue weighted by Gasteiger charge is 2.24. The lowest BCUT2D eigenvalue weighted by Crippen LogP contribution is -2.46. The standard InChI is InChI=1S/C9H20.C7H15NO/c1-3-5-7-9-8-6-4-2;1-7(2)6-8(3)4-5-9-7/h3-9H2,1-2H3;4-6H2,1-3H3. The van der Waals surface area contributed by atoms with E-state index in [0.717, 1.165) is 19.7 Å². The molecule has 0 unspecified atom stereocenters. The molecule has 0 aromatic heterocycles. The average Bonchev–Trinajstić information content (AvgIpc) is 2.28. The molecule has 0 aliphatic carbocycles. The van der Waals surface area contributed by atoms with E-state index in [1.807, 2.05) is 0 Å². The van der Waals surface area contributed by atoms with Crippen molar-refractivity contribution in [3.8, 4) is 0 Å². The van der Waals surface area contributed by atoms with Crippen LogP contribution in [0, 0.1) is 0 Å². The Morgan fingerprint density at radius 3 is 1.78 bits per heavy atom. The molecule has 0 atom stereocenters. The van der Waals surface area contributed by atoms with Gasteiger partial charge in [-0.25, -0.2) is 0 Å². The molecule has 2 nitrogen and oxygen atoms in total. The monoisotopic (exact) mass is 257 g/mol. The average molecular weight is 257 g/mol. The Hall–Kier alpha value is -0.0800. The zero-order chi connectivity index (χ0) is 13.9. The van der Waals surface area contributed by atoms with Crippen LogP contribution in [0.2, 0.25) is 0 Å². The molecule has 1 fully saturated rings. The Balaban J connectivity index is 0.000000321. The first kappa shape index (κ1) is 17.9. The molecule has 0 aromatic rings. The quantitative estimate of drug-likeness (QED) is 0.650. The van der Waals surface area contributed by atoms with Crippen LogP contribution in [0.1, 0.15) is 72.6 Å². The summed E-state index contributed by atoms with van der Waals surface area (Å²) in [5, 5.41) is 0. The molecule has 1 aliphatic heterocycles. The van der Waals surface area contributed by atoms with Gasteiger partial charge in [0.1, 0.15) is 0 Å². The Labute approximate surface area is 115 Å². The van der Waals surface area contributed by atoms with Gasteiger partial charge in [0.05, 0.1) is 12.2 Å². The van der Waals surface area contributed by atoms with Crippen LogP contribution >= 0.6 is 0 Å². The van der Waals surface area contributed by atoms with Crippen molar-refractivity contribution < 1.29 is 4.74 Å². The van der Waals surface area contributed by atoms with Crippen molar-refractivity contribution in [2.24, 2.45) is 0 Å². The van der Waals surface area contributed by atoms with Crippen molar-refractivity contribution in [2.45, 2.75) is 78.2 Å². The van der Waals surface area contributed by atoms with Gasteiger partial charge in [-0.3, -0.25) is 0 Å². The second kappa shape index (κ2) is 10.8. The van der Waals surface area contributed by atoms with Crippen molar-refractivity contribution >= 4 is 0 Å². The van der Waals surface area contributed by atoms with Crippen molar-refractivity contribution in [3.63, 3.8) is 0 Å². The van der Waals surface area contributed by atoms with Crippen LogP contribution in [0.3, 0.4) is 0 Å². The molecule has 110 valence electrons. The first-order valence-electron chi connectivity index (χ1n) is 7.84. The first-order valence-corrected chi connectivity index (χ1v) is 7.84. The van der Waals surface area contributed by atoms with E-state index in [1.165, 1.54) is 44.9 Å². The van der Waals surface area contributed by atoms with Gasteiger partial charge in [-0.2, -0.15) is 0 Å². The van der Waals surface area contributed by atoms with E-state index in [4.69, 9.17) is 4.74 Å². The summed E-state index contributed by atoms with van der Waals surface area (Å²) in [6.45, 7) is 11.8. The summed E-state index contributed by atoms with van der Waals surface area (Å²) < 4.78 is 5.49. The maximum atomic E-state index is 5.49. The predicted molar refractivity (Wildman–Crippen MR) is 81.2 cm³/mol. The molecule has 1 saturated heterocycles. The number of unbranched alkanes of at least 4 members (excludes halogenated alkanes) is 6. The minimum Gasteiger partial charge on any atom is -0.373 e. The summed E-state index contributed by atoms with van der Waals surface area (Å²) in [5.41, 5.74) is 0.0764. The maximum Gasteiger partial charge on any atom is 0.0753 e. The normalized spacial score (nSPS) is 19.2. The van der Waals surface area contributed by atoms with Gasteiger partial charge in [0.2, 0.25) is 0 Å². The van der Waals surface area contributed by atoms with Crippen LogP contribution in [0.15, 0.2) is 0 Å². The molecule has 1 aliphatic rings. The van der Waals surface area contributed by atoms with Crippen LogP contribution < -0.4 is 0 Å². The van der Waals surface area contributed by atoms with Crippen molar-refractivity contribution in [1.29, 1.82) is 0 Å². The van der Waals surface area contributed by atoms with Crippen LogP contribution in [0.4, 0.5) is 0 Å². The fourth-order valence-corrected chi connectivity index (χ4v) is 2.28. The SMILES string of the molecule is CCCCCCCCC.CN1CCOC(C)(C)C1. The second-order valence-electron chi connectivity index (χ2n) is 6.11. The Morgan fingerprint density at radius 2 is 1.44 bits per heavy atom. The molecular weight excluding hydrogens is 222 g/mol. The number of ether oxygens (including phenoxy) is 1. The van der Waals surface area contributed by atoms with Gasteiger partial charge >= 0.3 is 0 Å². The van der Waals surface area contributed by atoms with Crippen molar-refractivity contribution in [3.05, 3.63) is 0 Å². The van der Waals surface area contributed by atoms with E-state index in [9.17, 15) is 0 Å². The van der Waals surface area contributed by atoms with E-state index >= 15 is 0 Å². The van der Waals surface area contributed by atoms with Crippen LogP contribution in [-0.2, 0) is 4.74 Å². The van der Waals surface area contributed by atoms with Gasteiger partial charge in [0.25, 0.3) is 0 Å². The molecule has 0 spiro atoms. The Morgan fingerprint density at radius 1 is 0.944 bits per heavy atom. The molecule has 0 amide bonds. The van der Waals surface area contributed by atoms with Gasteiger partial charge in [0.15, 0.2) is 0 Å². The minimum atomic E-state index is 0.0764. The molecule has 0 N–H and O–H groups in total. The first-order chi connectivity index (χ1) is 8.52. The summed E-state index contributed by atoms with van der Waals surface area (Å²) in [4.78, 5) is 2.30. The lowest BCUT2D eigenvalue weighted by atomic mass is 10.1. The third kappa shape index (κ3) is 11.0. The molecule has 1 rings (SSSR count). The van der Waals surface area contributed by atoms with E-state index in [-0.39, 0.29) is 5.60 Å². The number of hydrogen-bond donors (Lipinski definition) is 0. The Kier molecular flexibility index (Phi) is 10.8. The number of nitrogens with zero attached hydrogens (tertiary/aromatic N) is 1. The van der Waals surface area contributed by atoms with Gasteiger partial charge in [-0.05, 0) is 20.9 Å². The largest absolute Gasteiger partial charge is 0.373 e. The van der Waals surface area contributed by atoms with Gasteiger partial charge in [0, 0.05) is 13.1 Å². The lowest BCUT2D eigenvalue weighted by Gasteiger charge is -2.35. The summed E-state index contributed by atoms with van der Waals surface area (Å²) >= 11 is 0. The third-order valence-corrected chi connectivity index (χ3v) is 3.32. The topological polar surface area (TPSA) is 12.5 Å². The molecule has 0 aromatic carbocycles. The second-order valence-corrected chi connectivity index (χ2v) is 6.11. The highest BCUT2D eigenvalue weighted by Crippen LogP contribution is 2.14. The van der Waals surface area contributed by atoms with E-state index in [1.54, 1.807) is 0 Å². The molecule has 0 radical (unpaired) electrons. The van der Waals surface area contributed by atoms with Crippen molar-refractivity contribution in [2.75, 3.05) is 26.7 Å². The smallest absolute Gasteiger partial charge is 0.0753 e. The number of rotatable bonds is 6. The molecular formula is C16H35NO. The fraction of sp³-hybridized carbons (Fsp3) is 1.00. The van der Waals surface area contributed by atoms with Gasteiger partial charge in [-0.15, -0.1) is 0 Å². The van der Waals surface area contributed by atoms with Crippen molar-refractivity contribution in [1.82, 2.24) is 4.90 Å². The lowest BCUT2D eigenvalue weighted by molar-refractivity contribution is -0.0789. The summed E-state index contributed by atoms with van der Waals surface area (Å²) in [7, 11) is 2.13. The van der Waals surface area contributed by atoms with E-state index in [0.29, 0.717) is 0 Å². The maximum absolute atomic E-state index is 5.49. The fourth-order valence-electron chi connectivity index (χ4n) is 2.28. The van der Waals surface area contributed by atoms with Crippen LogP contribution in [0.25, 0.3) is 0 Å². The highest BCUT2D eigenvalue weighted by molar-refractivity contribution is 4.76. The van der Waals surface area contributed by atoms with E-state index < -0.39 is 0 Å². The highest BCUT2D eigenvalue weighted by atomic mass is 16.5. The molecule has 0 saturated carbocycles. The molecule has 1 heterocycles. The number of morpholine rings is 1. The van der Waals surface area contributed by atoms with Crippen LogP contribution in [0.5, 0.6) is 0 Å². The number of hydrogen-bond acceptors (Lipinski definition) is 2. The molecule has 18 heavy (non-hydrogen) atoms. The van der Waals surface area contributed by atoms with E-state index in [2.05, 4.69) is 39.6 Å². The summed E-state index contributed by atoms with van der Waals surface area (Å²) in [5.74, 6) is 0. The molecule has 0 bridgehead atoms. The van der Waals surface area contributed by atoms with Gasteiger partial charge < -0.3 is 9.64 Å². The zero-order valence-electron chi connectivity index (χ0n) is 13.4. The summed E-state index contributed by atoms with van der Waals surface area (Å²) in [6, 6.07) is 0. The predicted octanol–water partition coefficient (Wildman–Crippen LogP) is 4.48. The summed E-state index contributed by atoms with van der Waals surface area (Å²) in [6.07, 6.45) is 9.97. The Bertz CT molecular complexity index is 174. The minimum absolute atomic E-state index is 0.0764. The molecule has 2 heteroatoms. The van der Waals surface area contributed by atoms with Gasteiger partial charge in [-0.1, -0.05) is 58.8 Å². The zero-order valence-corrected chi connectivity index (χ0v) is 13.4.